The second kappa shape index (κ2) is 7.40. The maximum atomic E-state index is 11.6. The smallest absolute Gasteiger partial charge is 0.323 e. The Kier molecular flexibility index (Phi) is 5.27. The van der Waals surface area contributed by atoms with Crippen LogP contribution in [0.25, 0.3) is 19.5 Å². The van der Waals surface area contributed by atoms with Crippen molar-refractivity contribution >= 4 is 40.0 Å². The molecule has 3 nitrogen and oxygen atoms in total. The van der Waals surface area contributed by atoms with E-state index in [9.17, 15) is 4.79 Å². The molecule has 0 saturated carbocycles. The number of hydrogen-bond acceptors (Lipinski definition) is 6. The summed E-state index contributed by atoms with van der Waals surface area (Å²) in [6.45, 7) is 2.15. The molecule has 3 aromatic heterocycles. The zero-order valence-corrected chi connectivity index (χ0v) is 15.1. The van der Waals surface area contributed by atoms with Gasteiger partial charge >= 0.3 is 5.97 Å². The molecule has 3 heterocycles. The lowest BCUT2D eigenvalue weighted by Crippen LogP contribution is -2.34. The van der Waals surface area contributed by atoms with Crippen LogP contribution in [0.4, 0.5) is 0 Å². The summed E-state index contributed by atoms with van der Waals surface area (Å²) in [5, 5.41) is 2.09. The Morgan fingerprint density at radius 1 is 1.09 bits per heavy atom. The molecule has 6 heteroatoms. The molecule has 23 heavy (non-hydrogen) atoms. The van der Waals surface area contributed by atoms with E-state index >= 15 is 0 Å². The zero-order valence-electron chi connectivity index (χ0n) is 12.7. The van der Waals surface area contributed by atoms with Gasteiger partial charge in [-0.3, -0.25) is 4.79 Å². The van der Waals surface area contributed by atoms with Gasteiger partial charge in [-0.2, -0.15) is 0 Å². The minimum atomic E-state index is -0.591. The number of rotatable bonds is 6. The molecule has 3 rings (SSSR count). The molecule has 0 aromatic carbocycles. The highest BCUT2D eigenvalue weighted by molar-refractivity contribution is 7.26. The average molecular weight is 364 g/mol. The van der Waals surface area contributed by atoms with Gasteiger partial charge in [0.15, 0.2) is 0 Å². The van der Waals surface area contributed by atoms with Gasteiger partial charge in [-0.05, 0) is 42.6 Å². The molecule has 3 aromatic rings. The molecule has 0 saturated heterocycles. The van der Waals surface area contributed by atoms with Crippen molar-refractivity contribution in [3.8, 4) is 19.5 Å². The lowest BCUT2D eigenvalue weighted by molar-refractivity contribution is -0.144. The molecule has 0 aliphatic carbocycles. The molecule has 1 atom stereocenters. The Morgan fingerprint density at radius 3 is 2.48 bits per heavy atom. The summed E-state index contributed by atoms with van der Waals surface area (Å²) in [5.41, 5.74) is 5.89. The molecule has 0 aliphatic heterocycles. The monoisotopic (exact) mass is 363 g/mol. The van der Waals surface area contributed by atoms with E-state index in [0.717, 1.165) is 4.88 Å². The first-order chi connectivity index (χ1) is 11.2. The number of esters is 1. The van der Waals surface area contributed by atoms with Crippen LogP contribution >= 0.6 is 34.0 Å². The fraction of sp³-hybridized carbons (Fsp3) is 0.235. The Balaban J connectivity index is 1.71. The number of nitrogens with two attached hydrogens (primary N) is 1. The van der Waals surface area contributed by atoms with Crippen LogP contribution < -0.4 is 5.73 Å². The molecule has 0 amide bonds. The van der Waals surface area contributed by atoms with Gasteiger partial charge in [-0.25, -0.2) is 0 Å². The predicted octanol–water partition coefficient (Wildman–Crippen LogP) is 4.64. The Labute approximate surface area is 147 Å². The maximum absolute atomic E-state index is 11.6. The highest BCUT2D eigenvalue weighted by atomic mass is 32.1. The SMILES string of the molecule is CCOC(=O)C(N)Cc1ccc(-c2ccc(-c3cccs3)s2)s1. The second-order valence-electron chi connectivity index (χ2n) is 4.97. The summed E-state index contributed by atoms with van der Waals surface area (Å²) >= 11 is 5.23. The quantitative estimate of drug-likeness (QED) is 0.649. The summed E-state index contributed by atoms with van der Waals surface area (Å²) in [6, 6.07) is 12.1. The highest BCUT2D eigenvalue weighted by Crippen LogP contribution is 2.39. The largest absolute Gasteiger partial charge is 0.465 e. The van der Waals surface area contributed by atoms with E-state index in [0.29, 0.717) is 13.0 Å². The van der Waals surface area contributed by atoms with Crippen molar-refractivity contribution in [1.82, 2.24) is 0 Å². The number of carbonyl (C=O) groups is 1. The van der Waals surface area contributed by atoms with Crippen LogP contribution in [0.1, 0.15) is 11.8 Å². The van der Waals surface area contributed by atoms with Crippen molar-refractivity contribution in [2.24, 2.45) is 5.73 Å². The first-order valence-electron chi connectivity index (χ1n) is 7.32. The molecular formula is C17H17NO2S3. The molecule has 120 valence electrons. The van der Waals surface area contributed by atoms with Gasteiger partial charge in [-0.1, -0.05) is 6.07 Å². The van der Waals surface area contributed by atoms with Crippen molar-refractivity contribution in [3.63, 3.8) is 0 Å². The van der Waals surface area contributed by atoms with Gasteiger partial charge in [-0.15, -0.1) is 34.0 Å². The van der Waals surface area contributed by atoms with E-state index in [4.69, 9.17) is 10.5 Å². The molecule has 0 radical (unpaired) electrons. The Morgan fingerprint density at radius 2 is 1.78 bits per heavy atom. The van der Waals surface area contributed by atoms with E-state index in [2.05, 4.69) is 35.7 Å². The van der Waals surface area contributed by atoms with E-state index < -0.39 is 6.04 Å². The van der Waals surface area contributed by atoms with Gasteiger partial charge in [0.1, 0.15) is 6.04 Å². The van der Waals surface area contributed by atoms with E-state index in [1.807, 2.05) is 6.07 Å². The molecule has 1 unspecified atom stereocenters. The summed E-state index contributed by atoms with van der Waals surface area (Å²) in [5.74, 6) is -0.335. The highest BCUT2D eigenvalue weighted by Gasteiger charge is 2.17. The molecule has 2 N–H and O–H groups in total. The van der Waals surface area contributed by atoms with Crippen LogP contribution in [0, 0.1) is 0 Å². The minimum absolute atomic E-state index is 0.335. The maximum Gasteiger partial charge on any atom is 0.323 e. The zero-order chi connectivity index (χ0) is 16.2. The van der Waals surface area contributed by atoms with Gasteiger partial charge in [0.2, 0.25) is 0 Å². The minimum Gasteiger partial charge on any atom is -0.465 e. The van der Waals surface area contributed by atoms with Crippen LogP contribution in [0.5, 0.6) is 0 Å². The first-order valence-corrected chi connectivity index (χ1v) is 9.83. The Bertz CT molecular complexity index is 773. The fourth-order valence-corrected chi connectivity index (χ4v) is 5.19. The number of thiophene rings is 3. The average Bonchev–Trinajstić information content (AvgIpc) is 3.27. The summed E-state index contributed by atoms with van der Waals surface area (Å²) < 4.78 is 4.96. The number of hydrogen-bond donors (Lipinski definition) is 1. The van der Waals surface area contributed by atoms with Gasteiger partial charge in [0.25, 0.3) is 0 Å². The molecule has 0 bridgehead atoms. The first kappa shape index (κ1) is 16.4. The van der Waals surface area contributed by atoms with Crippen LogP contribution in [0.2, 0.25) is 0 Å². The van der Waals surface area contributed by atoms with E-state index in [1.165, 1.54) is 19.5 Å². The summed E-state index contributed by atoms with van der Waals surface area (Å²) in [7, 11) is 0. The van der Waals surface area contributed by atoms with Crippen molar-refractivity contribution < 1.29 is 9.53 Å². The van der Waals surface area contributed by atoms with Crippen LogP contribution in [-0.4, -0.2) is 18.6 Å². The van der Waals surface area contributed by atoms with E-state index in [1.54, 1.807) is 40.9 Å². The summed E-state index contributed by atoms with van der Waals surface area (Å²) in [4.78, 5) is 17.8. The summed E-state index contributed by atoms with van der Waals surface area (Å²) in [6.07, 6.45) is 0.520. The van der Waals surface area contributed by atoms with Gasteiger partial charge in [0.05, 0.1) is 6.61 Å². The molecular weight excluding hydrogens is 346 g/mol. The lowest BCUT2D eigenvalue weighted by atomic mass is 10.2. The third-order valence-electron chi connectivity index (χ3n) is 3.28. The number of ether oxygens (including phenoxy) is 1. The molecule has 0 aliphatic rings. The molecule has 0 spiro atoms. The Hall–Kier alpha value is -1.47. The van der Waals surface area contributed by atoms with Crippen molar-refractivity contribution in [1.29, 1.82) is 0 Å². The molecule has 0 fully saturated rings. The van der Waals surface area contributed by atoms with Crippen LogP contribution in [0.15, 0.2) is 41.8 Å². The third kappa shape index (κ3) is 3.90. The number of carbonyl (C=O) groups excluding carboxylic acids is 1. The van der Waals surface area contributed by atoms with Crippen molar-refractivity contribution in [2.45, 2.75) is 19.4 Å². The van der Waals surface area contributed by atoms with Crippen LogP contribution in [-0.2, 0) is 16.0 Å². The predicted molar refractivity (Wildman–Crippen MR) is 99.3 cm³/mol. The van der Waals surface area contributed by atoms with Gasteiger partial charge in [0, 0.05) is 30.8 Å². The fourth-order valence-electron chi connectivity index (χ4n) is 2.19. The van der Waals surface area contributed by atoms with Gasteiger partial charge < -0.3 is 10.5 Å². The topological polar surface area (TPSA) is 52.3 Å². The third-order valence-corrected chi connectivity index (χ3v) is 6.74. The second-order valence-corrected chi connectivity index (χ2v) is 8.17. The van der Waals surface area contributed by atoms with Crippen molar-refractivity contribution in [3.05, 3.63) is 46.7 Å². The standard InChI is InChI=1S/C17H17NO2S3/c1-2-20-17(19)12(18)10-11-5-6-15(22-11)16-8-7-14(23-16)13-4-3-9-21-13/h3-9,12H,2,10,18H2,1H3. The van der Waals surface area contributed by atoms with Crippen LogP contribution in [0.3, 0.4) is 0 Å². The van der Waals surface area contributed by atoms with E-state index in [-0.39, 0.29) is 5.97 Å². The normalized spacial score (nSPS) is 12.3. The lowest BCUT2D eigenvalue weighted by Gasteiger charge is -2.08. The van der Waals surface area contributed by atoms with Crippen molar-refractivity contribution in [2.75, 3.05) is 6.61 Å².